The molecular formula is C12H15N5. The van der Waals surface area contributed by atoms with Crippen molar-refractivity contribution >= 4 is 22.7 Å². The Morgan fingerprint density at radius 2 is 2.06 bits per heavy atom. The van der Waals surface area contributed by atoms with Crippen LogP contribution in [-0.4, -0.2) is 23.1 Å². The molecule has 0 atom stereocenters. The number of hydrogen-bond donors (Lipinski definition) is 2. The summed E-state index contributed by atoms with van der Waals surface area (Å²) in [7, 11) is 2.08. The van der Waals surface area contributed by atoms with E-state index in [9.17, 15) is 0 Å². The van der Waals surface area contributed by atoms with Crippen molar-refractivity contribution in [1.82, 2.24) is 9.97 Å². The third-order valence-corrected chi connectivity index (χ3v) is 3.14. The van der Waals surface area contributed by atoms with Crippen molar-refractivity contribution in [2.45, 2.75) is 18.9 Å². The molecule has 2 aromatic rings. The fourth-order valence-electron chi connectivity index (χ4n) is 2.03. The fraction of sp³-hybridized carbons (Fsp3) is 0.333. The Hall–Kier alpha value is -1.88. The Balaban J connectivity index is 2.18. The van der Waals surface area contributed by atoms with Crippen LogP contribution in [0.4, 0.5) is 11.8 Å². The van der Waals surface area contributed by atoms with Crippen molar-refractivity contribution in [2.75, 3.05) is 17.4 Å². The number of nitrogens with two attached hydrogens (primary N) is 1. The standard InChI is InChI=1S/C12H15N5/c1-17(8-6-7-8)11-9-4-2-3-5-10(9)14-12(15-11)16-13/h2-5,8H,6-7,13H2,1H3,(H,14,15,16). The lowest BCUT2D eigenvalue weighted by Crippen LogP contribution is -2.22. The van der Waals surface area contributed by atoms with Crippen molar-refractivity contribution < 1.29 is 0 Å². The van der Waals surface area contributed by atoms with Crippen LogP contribution >= 0.6 is 0 Å². The van der Waals surface area contributed by atoms with Crippen molar-refractivity contribution in [2.24, 2.45) is 5.84 Å². The number of anilines is 2. The zero-order chi connectivity index (χ0) is 11.8. The van der Waals surface area contributed by atoms with Gasteiger partial charge in [0.15, 0.2) is 0 Å². The first-order valence-electron chi connectivity index (χ1n) is 5.76. The first-order chi connectivity index (χ1) is 8.29. The van der Waals surface area contributed by atoms with Gasteiger partial charge in [0.2, 0.25) is 5.95 Å². The van der Waals surface area contributed by atoms with E-state index in [-0.39, 0.29) is 0 Å². The first kappa shape index (κ1) is 10.3. The highest BCUT2D eigenvalue weighted by molar-refractivity contribution is 5.90. The van der Waals surface area contributed by atoms with E-state index in [1.54, 1.807) is 0 Å². The Bertz CT molecular complexity index is 550. The van der Waals surface area contributed by atoms with Gasteiger partial charge in [0.25, 0.3) is 0 Å². The Labute approximate surface area is 99.6 Å². The average Bonchev–Trinajstić information content (AvgIpc) is 3.21. The number of fused-ring (bicyclic) bond motifs is 1. The number of rotatable bonds is 3. The van der Waals surface area contributed by atoms with Crippen LogP contribution in [0.1, 0.15) is 12.8 Å². The lowest BCUT2D eigenvalue weighted by atomic mass is 10.2. The van der Waals surface area contributed by atoms with E-state index in [0.29, 0.717) is 12.0 Å². The zero-order valence-corrected chi connectivity index (χ0v) is 9.72. The summed E-state index contributed by atoms with van der Waals surface area (Å²) < 4.78 is 0. The second-order valence-corrected chi connectivity index (χ2v) is 4.37. The molecule has 0 spiro atoms. The van der Waals surface area contributed by atoms with Crippen LogP contribution in [0.2, 0.25) is 0 Å². The monoisotopic (exact) mass is 229 g/mol. The molecule has 0 aliphatic heterocycles. The zero-order valence-electron chi connectivity index (χ0n) is 9.72. The van der Waals surface area contributed by atoms with Gasteiger partial charge in [-0.05, 0) is 25.0 Å². The van der Waals surface area contributed by atoms with E-state index in [2.05, 4.69) is 27.3 Å². The van der Waals surface area contributed by atoms with Crippen molar-refractivity contribution in [3.05, 3.63) is 24.3 Å². The van der Waals surface area contributed by atoms with Crippen LogP contribution in [0.3, 0.4) is 0 Å². The van der Waals surface area contributed by atoms with Gasteiger partial charge in [0.05, 0.1) is 5.52 Å². The van der Waals surface area contributed by atoms with Gasteiger partial charge in [0.1, 0.15) is 5.82 Å². The Kier molecular flexibility index (Phi) is 2.33. The molecule has 1 fully saturated rings. The lowest BCUT2D eigenvalue weighted by Gasteiger charge is -2.19. The molecule has 0 unspecified atom stereocenters. The molecule has 1 aromatic carbocycles. The molecule has 17 heavy (non-hydrogen) atoms. The summed E-state index contributed by atoms with van der Waals surface area (Å²) in [5, 5.41) is 1.07. The number of nitrogen functional groups attached to an aromatic ring is 1. The van der Waals surface area contributed by atoms with Gasteiger partial charge in [-0.2, -0.15) is 4.98 Å². The second-order valence-electron chi connectivity index (χ2n) is 4.37. The normalized spacial score (nSPS) is 14.9. The molecule has 0 saturated heterocycles. The van der Waals surface area contributed by atoms with E-state index in [0.717, 1.165) is 16.7 Å². The quantitative estimate of drug-likeness (QED) is 0.617. The van der Waals surface area contributed by atoms with Crippen LogP contribution in [0.5, 0.6) is 0 Å². The molecule has 1 heterocycles. The third kappa shape index (κ3) is 1.78. The minimum atomic E-state index is 0.464. The summed E-state index contributed by atoms with van der Waals surface area (Å²) in [5.41, 5.74) is 3.44. The van der Waals surface area contributed by atoms with E-state index in [4.69, 9.17) is 5.84 Å². The second kappa shape index (κ2) is 3.85. The summed E-state index contributed by atoms with van der Waals surface area (Å²) in [6.07, 6.45) is 2.47. The smallest absolute Gasteiger partial charge is 0.239 e. The highest BCUT2D eigenvalue weighted by Crippen LogP contribution is 2.33. The third-order valence-electron chi connectivity index (χ3n) is 3.14. The summed E-state index contributed by atoms with van der Waals surface area (Å²) >= 11 is 0. The number of benzene rings is 1. The van der Waals surface area contributed by atoms with Crippen LogP contribution in [-0.2, 0) is 0 Å². The SMILES string of the molecule is CN(c1nc(NN)nc2ccccc12)C1CC1. The number of nitrogens with one attached hydrogen (secondary N) is 1. The van der Waals surface area contributed by atoms with E-state index < -0.39 is 0 Å². The number of nitrogens with zero attached hydrogens (tertiary/aromatic N) is 3. The molecule has 5 heteroatoms. The molecule has 5 nitrogen and oxygen atoms in total. The topological polar surface area (TPSA) is 67.1 Å². The van der Waals surface area contributed by atoms with Crippen LogP contribution < -0.4 is 16.2 Å². The van der Waals surface area contributed by atoms with Crippen molar-refractivity contribution in [3.8, 4) is 0 Å². The number of hydrazine groups is 1. The molecule has 3 N–H and O–H groups in total. The van der Waals surface area contributed by atoms with Crippen molar-refractivity contribution in [3.63, 3.8) is 0 Å². The average molecular weight is 229 g/mol. The van der Waals surface area contributed by atoms with Gasteiger partial charge in [-0.3, -0.25) is 5.43 Å². The van der Waals surface area contributed by atoms with E-state index in [1.807, 2.05) is 24.3 Å². The molecular weight excluding hydrogens is 214 g/mol. The molecule has 88 valence electrons. The predicted octanol–water partition coefficient (Wildman–Crippen LogP) is 1.51. The summed E-state index contributed by atoms with van der Waals surface area (Å²) in [6.45, 7) is 0. The Morgan fingerprint density at radius 1 is 1.29 bits per heavy atom. The van der Waals surface area contributed by atoms with Gasteiger partial charge in [0, 0.05) is 18.5 Å². The molecule has 0 radical (unpaired) electrons. The summed E-state index contributed by atoms with van der Waals surface area (Å²) in [6, 6.07) is 8.60. The van der Waals surface area contributed by atoms with Gasteiger partial charge in [-0.25, -0.2) is 10.8 Å². The molecule has 1 aliphatic rings. The number of para-hydroxylation sites is 1. The molecule has 1 aromatic heterocycles. The van der Waals surface area contributed by atoms with Gasteiger partial charge in [-0.15, -0.1) is 0 Å². The van der Waals surface area contributed by atoms with E-state index >= 15 is 0 Å². The van der Waals surface area contributed by atoms with Gasteiger partial charge in [-0.1, -0.05) is 12.1 Å². The van der Waals surface area contributed by atoms with Crippen LogP contribution in [0, 0.1) is 0 Å². The van der Waals surface area contributed by atoms with E-state index in [1.165, 1.54) is 12.8 Å². The molecule has 1 saturated carbocycles. The maximum Gasteiger partial charge on any atom is 0.239 e. The number of aromatic nitrogens is 2. The van der Waals surface area contributed by atoms with Crippen molar-refractivity contribution in [1.29, 1.82) is 0 Å². The first-order valence-corrected chi connectivity index (χ1v) is 5.76. The number of hydrogen-bond acceptors (Lipinski definition) is 5. The van der Waals surface area contributed by atoms with Gasteiger partial charge < -0.3 is 4.90 Å². The minimum Gasteiger partial charge on any atom is -0.356 e. The molecule has 0 amide bonds. The molecule has 0 bridgehead atoms. The van der Waals surface area contributed by atoms with Crippen LogP contribution in [0.25, 0.3) is 10.9 Å². The largest absolute Gasteiger partial charge is 0.356 e. The lowest BCUT2D eigenvalue weighted by molar-refractivity contribution is 0.894. The maximum atomic E-state index is 5.41. The minimum absolute atomic E-state index is 0.464. The van der Waals surface area contributed by atoms with Gasteiger partial charge >= 0.3 is 0 Å². The maximum absolute atomic E-state index is 5.41. The van der Waals surface area contributed by atoms with Crippen LogP contribution in [0.15, 0.2) is 24.3 Å². The fourth-order valence-corrected chi connectivity index (χ4v) is 2.03. The summed E-state index contributed by atoms with van der Waals surface area (Å²) in [5.74, 6) is 6.82. The Morgan fingerprint density at radius 3 is 2.76 bits per heavy atom. The predicted molar refractivity (Wildman–Crippen MR) is 68.8 cm³/mol. The highest BCUT2D eigenvalue weighted by atomic mass is 15.3. The summed E-state index contributed by atoms with van der Waals surface area (Å²) in [4.78, 5) is 11.0. The highest BCUT2D eigenvalue weighted by Gasteiger charge is 2.28. The molecule has 3 rings (SSSR count). The molecule has 1 aliphatic carbocycles.